The van der Waals surface area contributed by atoms with E-state index >= 15 is 0 Å². The van der Waals surface area contributed by atoms with Gasteiger partial charge in [0.1, 0.15) is 23.0 Å². The van der Waals surface area contributed by atoms with E-state index in [1.165, 1.54) is 61.5 Å². The van der Waals surface area contributed by atoms with Crippen LogP contribution in [0.5, 0.6) is 23.0 Å². The van der Waals surface area contributed by atoms with Gasteiger partial charge in [0.2, 0.25) is 11.7 Å². The Morgan fingerprint density at radius 1 is 0.729 bits per heavy atom. The van der Waals surface area contributed by atoms with Crippen LogP contribution >= 0.6 is 0 Å². The molecule has 0 unspecified atom stereocenters. The van der Waals surface area contributed by atoms with E-state index in [1.54, 1.807) is 0 Å². The van der Waals surface area contributed by atoms with E-state index in [9.17, 15) is 32.8 Å². The van der Waals surface area contributed by atoms with Gasteiger partial charge in [-0.15, -0.1) is 0 Å². The first-order valence-electron chi connectivity index (χ1n) is 13.4. The number of carbonyl (C=O) groups excluding carboxylic acids is 5. The predicted molar refractivity (Wildman–Crippen MR) is 168 cm³/mol. The fourth-order valence-electron chi connectivity index (χ4n) is 3.51. The zero-order chi connectivity index (χ0) is 35.4. The first-order chi connectivity index (χ1) is 22.8. The summed E-state index contributed by atoms with van der Waals surface area (Å²) in [7, 11) is 0. The van der Waals surface area contributed by atoms with Crippen molar-refractivity contribution in [2.24, 2.45) is 0 Å². The fraction of sp³-hybridized carbons (Fsp3) is 0.0278. The molecule has 0 bridgehead atoms. The van der Waals surface area contributed by atoms with E-state index in [2.05, 4.69) is 38.2 Å². The van der Waals surface area contributed by atoms with Gasteiger partial charge in [0.15, 0.2) is 0 Å². The minimum absolute atomic E-state index is 0.0347. The molecule has 242 valence electrons. The van der Waals surface area contributed by atoms with Gasteiger partial charge in [-0.1, -0.05) is 38.2 Å². The van der Waals surface area contributed by atoms with Gasteiger partial charge in [-0.05, 0) is 67.6 Å². The number of halogens is 2. The molecule has 10 nitrogen and oxygen atoms in total. The second kappa shape index (κ2) is 16.4. The van der Waals surface area contributed by atoms with Crippen molar-refractivity contribution in [2.45, 2.75) is 6.92 Å². The van der Waals surface area contributed by atoms with Crippen LogP contribution in [0, 0.1) is 18.8 Å². The van der Waals surface area contributed by atoms with Crippen LogP contribution in [0.1, 0.15) is 32.6 Å². The molecule has 0 saturated carbocycles. The lowest BCUT2D eigenvalue weighted by Crippen LogP contribution is -2.13. The van der Waals surface area contributed by atoms with Crippen molar-refractivity contribution in [1.82, 2.24) is 0 Å². The summed E-state index contributed by atoms with van der Waals surface area (Å²) in [5.41, 5.74) is 0.427. The maximum Gasteiger partial charge on any atom is 0.371 e. The Morgan fingerprint density at radius 2 is 1.25 bits per heavy atom. The number of hydrogen-bond acceptors (Lipinski definition) is 10. The lowest BCUT2D eigenvalue weighted by molar-refractivity contribution is -0.132. The van der Waals surface area contributed by atoms with E-state index in [0.717, 1.165) is 24.5 Å². The molecule has 0 aliphatic rings. The molecular weight excluding hydrogens is 630 g/mol. The quantitative estimate of drug-likeness (QED) is 0.0776. The molecule has 48 heavy (non-hydrogen) atoms. The summed E-state index contributed by atoms with van der Waals surface area (Å²) in [6.07, 6.45) is 3.84. The lowest BCUT2D eigenvalue weighted by Gasteiger charge is -2.16. The summed E-state index contributed by atoms with van der Waals surface area (Å²) in [5.74, 6) is -3.07. The highest BCUT2D eigenvalue weighted by molar-refractivity contribution is 5.92. The molecule has 0 spiro atoms. The van der Waals surface area contributed by atoms with Crippen molar-refractivity contribution in [2.75, 3.05) is 0 Å². The average Bonchev–Trinajstić information content (AvgIpc) is 3.06. The van der Waals surface area contributed by atoms with Crippen LogP contribution in [0.4, 0.5) is 8.78 Å². The number of rotatable bonds is 11. The van der Waals surface area contributed by atoms with E-state index in [-0.39, 0.29) is 33.8 Å². The Labute approximate surface area is 272 Å². The lowest BCUT2D eigenvalue weighted by atomic mass is 10.0. The summed E-state index contributed by atoms with van der Waals surface area (Å²) >= 11 is 0. The first kappa shape index (κ1) is 35.6. The second-order valence-electron chi connectivity index (χ2n) is 9.14. The third-order valence-electron chi connectivity index (χ3n) is 5.84. The maximum absolute atomic E-state index is 13.7. The number of ether oxygens (including phenoxy) is 5. The van der Waals surface area contributed by atoms with Crippen LogP contribution in [-0.4, -0.2) is 29.8 Å². The van der Waals surface area contributed by atoms with E-state index in [1.807, 2.05) is 0 Å². The Bertz CT molecular complexity index is 1930. The molecule has 0 N–H and O–H groups in total. The second-order valence-corrected chi connectivity index (χ2v) is 9.14. The van der Waals surface area contributed by atoms with Gasteiger partial charge in [0.05, 0.1) is 17.4 Å². The summed E-state index contributed by atoms with van der Waals surface area (Å²) in [6, 6.07) is 12.5. The topological polar surface area (TPSA) is 132 Å². The van der Waals surface area contributed by atoms with Gasteiger partial charge in [0.25, 0.3) is 0 Å². The minimum atomic E-state index is -1.52. The van der Waals surface area contributed by atoms with Gasteiger partial charge >= 0.3 is 29.8 Å². The monoisotopic (exact) mass is 654 g/mol. The van der Waals surface area contributed by atoms with E-state index in [4.69, 9.17) is 23.7 Å². The smallest absolute Gasteiger partial charge is 0.371 e. The molecule has 0 aromatic heterocycles. The molecule has 0 amide bonds. The third-order valence-corrected chi connectivity index (χ3v) is 5.84. The van der Waals surface area contributed by atoms with Crippen molar-refractivity contribution in [3.63, 3.8) is 0 Å². The molecule has 0 fully saturated rings. The molecule has 12 heteroatoms. The average molecular weight is 655 g/mol. The first-order valence-corrected chi connectivity index (χ1v) is 13.4. The molecule has 0 saturated heterocycles. The molecular formula is C36H24F2O10. The highest BCUT2D eigenvalue weighted by atomic mass is 19.1. The zero-order valence-electron chi connectivity index (χ0n) is 25.2. The molecule has 0 aliphatic carbocycles. The van der Waals surface area contributed by atoms with Crippen LogP contribution in [0.25, 0.3) is 6.08 Å². The minimum Gasteiger partial charge on any atom is -0.431 e. The van der Waals surface area contributed by atoms with E-state index < -0.39 is 53.0 Å². The van der Waals surface area contributed by atoms with E-state index in [0.29, 0.717) is 5.56 Å². The Morgan fingerprint density at radius 3 is 1.77 bits per heavy atom. The molecule has 3 aromatic carbocycles. The van der Waals surface area contributed by atoms with Crippen molar-refractivity contribution >= 4 is 35.9 Å². The largest absolute Gasteiger partial charge is 0.431 e. The van der Waals surface area contributed by atoms with Gasteiger partial charge in [-0.2, -0.15) is 8.78 Å². The Kier molecular flexibility index (Phi) is 12.2. The summed E-state index contributed by atoms with van der Waals surface area (Å²) < 4.78 is 52.8. The summed E-state index contributed by atoms with van der Waals surface area (Å²) in [5, 5.41) is 0. The number of hydrogen-bond donors (Lipinski definition) is 0. The SMILES string of the molecule is C=CC(=O)Oc1ccc(C#Cc2cc(OC(=O)C(=C)F)c(C=COC(=O)c3ccc(OC(=O)C=C)cc3)c(OC(=O)C(=C)F)c2C)cc1. The number of benzene rings is 3. The van der Waals surface area contributed by atoms with Crippen molar-refractivity contribution in [1.29, 1.82) is 0 Å². The van der Waals surface area contributed by atoms with Crippen LogP contribution in [0.2, 0.25) is 0 Å². The molecule has 0 heterocycles. The van der Waals surface area contributed by atoms with Crippen molar-refractivity contribution in [3.05, 3.63) is 139 Å². The predicted octanol–water partition coefficient (Wildman–Crippen LogP) is 6.18. The molecule has 0 radical (unpaired) electrons. The van der Waals surface area contributed by atoms with Gasteiger partial charge in [-0.3, -0.25) is 0 Å². The third kappa shape index (κ3) is 9.82. The highest BCUT2D eigenvalue weighted by Gasteiger charge is 2.23. The zero-order valence-corrected chi connectivity index (χ0v) is 25.2. The summed E-state index contributed by atoms with van der Waals surface area (Å²) in [6.45, 7) is 13.8. The van der Waals surface area contributed by atoms with Crippen LogP contribution < -0.4 is 18.9 Å². The Balaban J connectivity index is 2.04. The highest BCUT2D eigenvalue weighted by Crippen LogP contribution is 2.37. The van der Waals surface area contributed by atoms with Crippen LogP contribution in [0.3, 0.4) is 0 Å². The normalized spacial score (nSPS) is 10.1. The van der Waals surface area contributed by atoms with Crippen LogP contribution in [0.15, 0.2) is 111 Å². The molecule has 3 rings (SSSR count). The van der Waals surface area contributed by atoms with Gasteiger partial charge < -0.3 is 23.7 Å². The van der Waals surface area contributed by atoms with Crippen LogP contribution in [-0.2, 0) is 23.9 Å². The van der Waals surface area contributed by atoms with Crippen molar-refractivity contribution < 1.29 is 56.4 Å². The maximum atomic E-state index is 13.7. The fourth-order valence-corrected chi connectivity index (χ4v) is 3.51. The standard InChI is InChI=1S/C36H24F2O10/c1-6-31(39)45-27-14-9-24(10-15-27)8-11-26-20-30(47-34(41)22(4)37)29(33(21(26)3)48-35(42)23(5)38)18-19-44-36(43)25-12-16-28(17-13-25)46-32(40)7-2/h6-7,9-10,12-20H,1-2,4-5H2,3H3. The molecule has 0 atom stereocenters. The Hall–Kier alpha value is -6.87. The van der Waals surface area contributed by atoms with Gasteiger partial charge in [0, 0.05) is 28.8 Å². The van der Waals surface area contributed by atoms with Crippen molar-refractivity contribution in [3.8, 4) is 34.8 Å². The number of esters is 5. The van der Waals surface area contributed by atoms with Gasteiger partial charge in [-0.25, -0.2) is 24.0 Å². The molecule has 3 aromatic rings. The molecule has 0 aliphatic heterocycles. The number of carbonyl (C=O) groups is 5. The summed E-state index contributed by atoms with van der Waals surface area (Å²) in [4.78, 5) is 59.8.